The van der Waals surface area contributed by atoms with Gasteiger partial charge in [0.2, 0.25) is 11.8 Å². The highest BCUT2D eigenvalue weighted by molar-refractivity contribution is 6.05. The molecule has 3 N–H and O–H groups in total. The number of imide groups is 1. The number of rotatable bonds is 4. The van der Waals surface area contributed by atoms with Crippen LogP contribution in [0.25, 0.3) is 0 Å². The van der Waals surface area contributed by atoms with Gasteiger partial charge in [-0.3, -0.25) is 24.6 Å². The molecular formula is C21H28N4O3. The molecule has 1 aromatic carbocycles. The summed E-state index contributed by atoms with van der Waals surface area (Å²) in [5, 5.41) is 2.36. The maximum absolute atomic E-state index is 13.2. The van der Waals surface area contributed by atoms with Crippen LogP contribution < -0.4 is 11.1 Å². The van der Waals surface area contributed by atoms with Crippen molar-refractivity contribution in [2.45, 2.75) is 57.8 Å². The van der Waals surface area contributed by atoms with Crippen LogP contribution >= 0.6 is 0 Å². The third kappa shape index (κ3) is 3.02. The number of nitrogens with two attached hydrogens (primary N) is 1. The Morgan fingerprint density at radius 2 is 2.00 bits per heavy atom. The number of hydrogen-bond donors (Lipinski definition) is 2. The highest BCUT2D eigenvalue weighted by Gasteiger charge is 2.43. The number of nitrogens with one attached hydrogen (secondary N) is 1. The van der Waals surface area contributed by atoms with E-state index in [1.54, 1.807) is 4.90 Å². The average molecular weight is 384 g/mol. The van der Waals surface area contributed by atoms with E-state index in [1.165, 1.54) is 0 Å². The van der Waals surface area contributed by atoms with E-state index in [0.29, 0.717) is 32.0 Å². The summed E-state index contributed by atoms with van der Waals surface area (Å²) in [5.41, 5.74) is 8.62. The zero-order valence-corrected chi connectivity index (χ0v) is 16.5. The lowest BCUT2D eigenvalue weighted by molar-refractivity contribution is -0.136. The monoisotopic (exact) mass is 384 g/mol. The van der Waals surface area contributed by atoms with Gasteiger partial charge in [0.15, 0.2) is 0 Å². The van der Waals surface area contributed by atoms with Gasteiger partial charge in [0.05, 0.1) is 0 Å². The second-order valence-corrected chi connectivity index (χ2v) is 8.65. The van der Waals surface area contributed by atoms with Crippen molar-refractivity contribution < 1.29 is 14.4 Å². The maximum atomic E-state index is 13.2. The maximum Gasteiger partial charge on any atom is 0.255 e. The largest absolute Gasteiger partial charge is 0.330 e. The van der Waals surface area contributed by atoms with E-state index in [9.17, 15) is 14.4 Å². The highest BCUT2D eigenvalue weighted by Crippen LogP contribution is 2.37. The van der Waals surface area contributed by atoms with E-state index in [0.717, 1.165) is 29.7 Å². The standard InChI is InChI=1S/C21H28N4O3/c1-21(2)15(10-22)8-9-24(21)11-13-4-3-5-14-12-25(20(28)18(13)14)16-6-7-17(26)23-19(16)27/h3-5,15-16H,6-12,22H2,1-2H3,(H,23,26,27). The van der Waals surface area contributed by atoms with Crippen LogP contribution in [0.15, 0.2) is 18.2 Å². The molecule has 3 heterocycles. The molecule has 1 aromatic rings. The van der Waals surface area contributed by atoms with Gasteiger partial charge >= 0.3 is 0 Å². The summed E-state index contributed by atoms with van der Waals surface area (Å²) in [7, 11) is 0. The van der Waals surface area contributed by atoms with Crippen LogP contribution in [0.3, 0.4) is 0 Å². The minimum Gasteiger partial charge on any atom is -0.330 e. The van der Waals surface area contributed by atoms with E-state index in [-0.39, 0.29) is 29.7 Å². The van der Waals surface area contributed by atoms with Crippen molar-refractivity contribution in [1.29, 1.82) is 0 Å². The molecule has 0 saturated carbocycles. The van der Waals surface area contributed by atoms with Crippen molar-refractivity contribution in [1.82, 2.24) is 15.1 Å². The zero-order valence-electron chi connectivity index (χ0n) is 16.5. The second kappa shape index (κ2) is 6.97. The van der Waals surface area contributed by atoms with Crippen LogP contribution in [0.2, 0.25) is 0 Å². The van der Waals surface area contributed by atoms with Crippen LogP contribution in [-0.2, 0) is 22.7 Å². The van der Waals surface area contributed by atoms with Gasteiger partial charge in [0, 0.05) is 30.6 Å². The summed E-state index contributed by atoms with van der Waals surface area (Å²) >= 11 is 0. The van der Waals surface area contributed by atoms with Crippen LogP contribution in [0.5, 0.6) is 0 Å². The molecule has 28 heavy (non-hydrogen) atoms. The number of amides is 3. The molecule has 2 fully saturated rings. The minimum absolute atomic E-state index is 0.0115. The first-order valence-electron chi connectivity index (χ1n) is 10.0. The molecule has 7 nitrogen and oxygen atoms in total. The summed E-state index contributed by atoms with van der Waals surface area (Å²) in [6.45, 7) is 7.18. The van der Waals surface area contributed by atoms with Crippen molar-refractivity contribution >= 4 is 17.7 Å². The normalized spacial score (nSPS) is 27.2. The first kappa shape index (κ1) is 19.1. The molecule has 2 unspecified atom stereocenters. The van der Waals surface area contributed by atoms with Crippen LogP contribution in [0.1, 0.15) is 54.6 Å². The molecule has 2 saturated heterocycles. The number of piperidine rings is 1. The molecule has 0 aromatic heterocycles. The molecule has 0 bridgehead atoms. The Morgan fingerprint density at radius 1 is 1.21 bits per heavy atom. The quantitative estimate of drug-likeness (QED) is 0.756. The van der Waals surface area contributed by atoms with Gasteiger partial charge in [-0.15, -0.1) is 0 Å². The number of carbonyl (C=O) groups is 3. The topological polar surface area (TPSA) is 95.7 Å². The lowest BCUT2D eigenvalue weighted by Gasteiger charge is -2.36. The minimum atomic E-state index is -0.574. The predicted octanol–water partition coefficient (Wildman–Crippen LogP) is 1.01. The van der Waals surface area contributed by atoms with Crippen molar-refractivity contribution in [2.75, 3.05) is 13.1 Å². The average Bonchev–Trinajstić information content (AvgIpc) is 3.12. The van der Waals surface area contributed by atoms with Crippen molar-refractivity contribution in [3.05, 3.63) is 34.9 Å². The Hall–Kier alpha value is -2.25. The summed E-state index contributed by atoms with van der Waals surface area (Å²) in [6.07, 6.45) is 1.72. The Bertz CT molecular complexity index is 835. The van der Waals surface area contributed by atoms with Gasteiger partial charge < -0.3 is 10.6 Å². The third-order valence-electron chi connectivity index (χ3n) is 6.85. The number of carbonyl (C=O) groups excluding carboxylic acids is 3. The third-order valence-corrected chi connectivity index (χ3v) is 6.85. The Balaban J connectivity index is 1.57. The summed E-state index contributed by atoms with van der Waals surface area (Å²) in [5.74, 6) is -0.297. The van der Waals surface area contributed by atoms with E-state index in [1.807, 2.05) is 18.2 Å². The fourth-order valence-electron chi connectivity index (χ4n) is 4.93. The second-order valence-electron chi connectivity index (χ2n) is 8.65. The molecule has 0 radical (unpaired) electrons. The summed E-state index contributed by atoms with van der Waals surface area (Å²) in [6, 6.07) is 5.38. The van der Waals surface area contributed by atoms with Gasteiger partial charge in [-0.1, -0.05) is 18.2 Å². The fraction of sp³-hybridized carbons (Fsp3) is 0.571. The van der Waals surface area contributed by atoms with E-state index in [4.69, 9.17) is 5.73 Å². The molecule has 4 rings (SSSR count). The molecule has 3 amide bonds. The van der Waals surface area contributed by atoms with Gasteiger partial charge in [-0.05, 0) is 56.8 Å². The highest BCUT2D eigenvalue weighted by atomic mass is 16.2. The van der Waals surface area contributed by atoms with E-state index < -0.39 is 6.04 Å². The van der Waals surface area contributed by atoms with E-state index >= 15 is 0 Å². The number of hydrogen-bond acceptors (Lipinski definition) is 5. The van der Waals surface area contributed by atoms with E-state index in [2.05, 4.69) is 24.1 Å². The summed E-state index contributed by atoms with van der Waals surface area (Å²) < 4.78 is 0. The summed E-state index contributed by atoms with van der Waals surface area (Å²) in [4.78, 5) is 40.9. The van der Waals surface area contributed by atoms with Crippen LogP contribution in [-0.4, -0.2) is 52.2 Å². The van der Waals surface area contributed by atoms with Gasteiger partial charge in [0.1, 0.15) is 6.04 Å². The van der Waals surface area contributed by atoms with Crippen molar-refractivity contribution in [3.8, 4) is 0 Å². The van der Waals surface area contributed by atoms with Crippen LogP contribution in [0.4, 0.5) is 0 Å². The Labute approximate surface area is 165 Å². The number of nitrogens with zero attached hydrogens (tertiary/aromatic N) is 2. The Morgan fingerprint density at radius 3 is 2.68 bits per heavy atom. The van der Waals surface area contributed by atoms with Crippen LogP contribution in [0, 0.1) is 5.92 Å². The molecule has 0 spiro atoms. The predicted molar refractivity (Wildman–Crippen MR) is 104 cm³/mol. The molecule has 3 aliphatic heterocycles. The van der Waals surface area contributed by atoms with Crippen molar-refractivity contribution in [3.63, 3.8) is 0 Å². The number of benzene rings is 1. The number of likely N-dealkylation sites (tertiary alicyclic amines) is 1. The first-order chi connectivity index (χ1) is 13.3. The van der Waals surface area contributed by atoms with Gasteiger partial charge in [0.25, 0.3) is 5.91 Å². The smallest absolute Gasteiger partial charge is 0.255 e. The first-order valence-corrected chi connectivity index (χ1v) is 10.0. The fourth-order valence-corrected chi connectivity index (χ4v) is 4.93. The SMILES string of the molecule is CC1(C)C(CN)CCN1Cc1cccc2c1C(=O)N(C1CCC(=O)NC1=O)C2. The lowest BCUT2D eigenvalue weighted by atomic mass is 9.88. The number of fused-ring (bicyclic) bond motifs is 1. The molecule has 150 valence electrons. The lowest BCUT2D eigenvalue weighted by Crippen LogP contribution is -2.52. The molecule has 3 aliphatic rings. The van der Waals surface area contributed by atoms with Crippen molar-refractivity contribution in [2.24, 2.45) is 11.7 Å². The molecule has 7 heteroatoms. The zero-order chi connectivity index (χ0) is 20.1. The molecular weight excluding hydrogens is 356 g/mol. The van der Waals surface area contributed by atoms with Gasteiger partial charge in [-0.2, -0.15) is 0 Å². The molecule has 0 aliphatic carbocycles. The molecule has 2 atom stereocenters. The Kier molecular flexibility index (Phi) is 4.75. The van der Waals surface area contributed by atoms with Gasteiger partial charge in [-0.25, -0.2) is 0 Å².